The van der Waals surface area contributed by atoms with E-state index in [1.165, 1.54) is 0 Å². The normalized spacial score (nSPS) is 22.1. The maximum Gasteiger partial charge on any atom is 0.429 e. The van der Waals surface area contributed by atoms with Gasteiger partial charge in [0.05, 0.1) is 17.8 Å². The van der Waals surface area contributed by atoms with Crippen molar-refractivity contribution in [3.05, 3.63) is 23.8 Å². The van der Waals surface area contributed by atoms with Crippen LogP contribution in [0, 0.1) is 0 Å². The molecule has 0 aromatic heterocycles. The van der Waals surface area contributed by atoms with Crippen LogP contribution in [-0.2, 0) is 4.74 Å². The second-order valence-electron chi connectivity index (χ2n) is 7.67. The number of carbonyl (C=O) groups excluding carboxylic acids is 1. The van der Waals surface area contributed by atoms with E-state index in [2.05, 4.69) is 40.5 Å². The molecule has 2 aliphatic rings. The van der Waals surface area contributed by atoms with Crippen LogP contribution in [0.3, 0.4) is 0 Å². The summed E-state index contributed by atoms with van der Waals surface area (Å²) >= 11 is 0. The molecule has 1 saturated heterocycles. The van der Waals surface area contributed by atoms with Crippen LogP contribution in [-0.4, -0.2) is 54.0 Å². The van der Waals surface area contributed by atoms with Crippen molar-refractivity contribution in [1.29, 1.82) is 0 Å². The van der Waals surface area contributed by atoms with E-state index in [0.717, 1.165) is 30.0 Å². The molecule has 1 amide bonds. The fraction of sp³-hybridized carbons (Fsp3) is 0.526. The summed E-state index contributed by atoms with van der Waals surface area (Å²) in [5.74, 6) is 0. The van der Waals surface area contributed by atoms with Crippen molar-refractivity contribution < 1.29 is 9.53 Å². The Labute approximate surface area is 148 Å². The van der Waals surface area contributed by atoms with Gasteiger partial charge >= 0.3 is 12.1 Å². The lowest BCUT2D eigenvalue weighted by molar-refractivity contribution is 0.00566. The van der Waals surface area contributed by atoms with Gasteiger partial charge in [-0.25, -0.2) is 4.79 Å². The molecule has 2 heterocycles. The monoisotopic (exact) mass is 341 g/mol. The van der Waals surface area contributed by atoms with Crippen molar-refractivity contribution in [2.45, 2.75) is 52.3 Å². The quantitative estimate of drug-likeness (QED) is 0.750. The molecule has 0 unspecified atom stereocenters. The molecule has 0 bridgehead atoms. The van der Waals surface area contributed by atoms with Gasteiger partial charge < -0.3 is 9.64 Å². The van der Waals surface area contributed by atoms with E-state index in [-0.39, 0.29) is 18.2 Å². The molecule has 0 spiro atoms. The Bertz CT molecular complexity index is 771. The molecule has 2 aliphatic heterocycles. The summed E-state index contributed by atoms with van der Waals surface area (Å²) in [7, 11) is 0. The molecular weight excluding hydrogens is 316 g/mol. The van der Waals surface area contributed by atoms with Crippen LogP contribution in [0.15, 0.2) is 23.2 Å². The number of amides is 1. The summed E-state index contributed by atoms with van der Waals surface area (Å²) in [6.45, 7) is 11.3. The lowest BCUT2D eigenvalue weighted by atomic mass is 10.0. The first kappa shape index (κ1) is 17.3. The number of rotatable bonds is 1. The van der Waals surface area contributed by atoms with Crippen LogP contribution in [0.1, 0.15) is 40.2 Å². The van der Waals surface area contributed by atoms with Crippen LogP contribution in [0.25, 0.3) is 0 Å². The number of benzene rings is 1. The SMILES string of the molecule is C[C@@H]1CN(c2cccc3c2C=[N+]=C=N3)C[C@H](C)N1C(=O)OC(C)(C)C. The largest absolute Gasteiger partial charge is 0.444 e. The van der Waals surface area contributed by atoms with Crippen LogP contribution >= 0.6 is 0 Å². The van der Waals surface area contributed by atoms with E-state index in [1.807, 2.05) is 37.8 Å². The second-order valence-corrected chi connectivity index (χ2v) is 7.67. The van der Waals surface area contributed by atoms with E-state index < -0.39 is 5.60 Å². The fourth-order valence-electron chi connectivity index (χ4n) is 3.42. The van der Waals surface area contributed by atoms with Gasteiger partial charge in [0.25, 0.3) is 0 Å². The average Bonchev–Trinajstić information content (AvgIpc) is 2.52. The van der Waals surface area contributed by atoms with E-state index in [1.54, 1.807) is 6.21 Å². The van der Waals surface area contributed by atoms with Crippen molar-refractivity contribution in [1.82, 2.24) is 9.57 Å². The van der Waals surface area contributed by atoms with Gasteiger partial charge in [0.1, 0.15) is 11.2 Å². The summed E-state index contributed by atoms with van der Waals surface area (Å²) in [4.78, 5) is 20.9. The Morgan fingerprint density at radius 2 is 1.96 bits per heavy atom. The third-order valence-corrected chi connectivity index (χ3v) is 4.35. The minimum Gasteiger partial charge on any atom is -0.444 e. The summed E-state index contributed by atoms with van der Waals surface area (Å²) in [6.07, 6.45) is 1.55. The molecule has 0 saturated carbocycles. The second kappa shape index (κ2) is 6.40. The van der Waals surface area contributed by atoms with Crippen LogP contribution in [0.5, 0.6) is 0 Å². The van der Waals surface area contributed by atoms with Crippen molar-refractivity contribution in [3.63, 3.8) is 0 Å². The first-order valence-corrected chi connectivity index (χ1v) is 8.64. The van der Waals surface area contributed by atoms with Gasteiger partial charge in [0, 0.05) is 18.1 Å². The fourth-order valence-corrected chi connectivity index (χ4v) is 3.42. The molecule has 3 rings (SSSR count). The predicted molar refractivity (Wildman–Crippen MR) is 100 cm³/mol. The molecule has 1 fully saturated rings. The van der Waals surface area contributed by atoms with Crippen LogP contribution in [0.2, 0.25) is 0 Å². The first-order valence-electron chi connectivity index (χ1n) is 8.64. The van der Waals surface area contributed by atoms with Gasteiger partial charge in [-0.1, -0.05) is 6.07 Å². The van der Waals surface area contributed by atoms with E-state index in [4.69, 9.17) is 4.74 Å². The highest BCUT2D eigenvalue weighted by Crippen LogP contribution is 2.31. The highest BCUT2D eigenvalue weighted by molar-refractivity contribution is 5.96. The van der Waals surface area contributed by atoms with Gasteiger partial charge in [-0.05, 0) is 46.8 Å². The summed E-state index contributed by atoms with van der Waals surface area (Å²) in [5, 5.41) is 0. The van der Waals surface area contributed by atoms with Gasteiger partial charge in [0.15, 0.2) is 0 Å². The molecule has 1 aromatic carbocycles. The maximum absolute atomic E-state index is 12.6. The Morgan fingerprint density at radius 3 is 2.60 bits per heavy atom. The lowest BCUT2D eigenvalue weighted by Crippen LogP contribution is -2.59. The van der Waals surface area contributed by atoms with Gasteiger partial charge in [-0.3, -0.25) is 4.90 Å². The number of fused-ring (bicyclic) bond motifs is 1. The minimum atomic E-state index is -0.489. The number of ether oxygens (including phenoxy) is 1. The molecule has 25 heavy (non-hydrogen) atoms. The number of hydrogen-bond donors (Lipinski definition) is 0. The molecule has 6 heteroatoms. The third kappa shape index (κ3) is 3.60. The van der Waals surface area contributed by atoms with Crippen molar-refractivity contribution in [2.75, 3.05) is 18.0 Å². The number of carbonyl (C=O) groups is 1. The highest BCUT2D eigenvalue weighted by Gasteiger charge is 2.36. The van der Waals surface area contributed by atoms with Crippen molar-refractivity contribution in [2.24, 2.45) is 4.99 Å². The van der Waals surface area contributed by atoms with Crippen LogP contribution in [0.4, 0.5) is 16.2 Å². The number of nitrogens with zero attached hydrogens (tertiary/aromatic N) is 4. The first-order chi connectivity index (χ1) is 11.8. The Hall–Kier alpha value is -2.55. The molecule has 2 atom stereocenters. The smallest absolute Gasteiger partial charge is 0.429 e. The zero-order valence-corrected chi connectivity index (χ0v) is 15.5. The van der Waals surface area contributed by atoms with Gasteiger partial charge in [-0.2, -0.15) is 4.67 Å². The van der Waals surface area contributed by atoms with E-state index >= 15 is 0 Å². The Morgan fingerprint density at radius 1 is 1.28 bits per heavy atom. The number of piperazine rings is 1. The topological polar surface area (TPSA) is 59.2 Å². The minimum absolute atomic E-state index is 0.0463. The Kier molecular flexibility index (Phi) is 4.42. The Balaban J connectivity index is 1.81. The molecular formula is C19H25N4O2+. The predicted octanol–water partition coefficient (Wildman–Crippen LogP) is 2.83. The lowest BCUT2D eigenvalue weighted by Gasteiger charge is -2.45. The van der Waals surface area contributed by atoms with Gasteiger partial charge in [-0.15, -0.1) is 0 Å². The van der Waals surface area contributed by atoms with E-state index in [0.29, 0.717) is 0 Å². The number of hydrogen-bond acceptors (Lipinski definition) is 4. The zero-order valence-electron chi connectivity index (χ0n) is 15.5. The molecule has 1 aromatic rings. The molecule has 132 valence electrons. The highest BCUT2D eigenvalue weighted by atomic mass is 16.6. The summed E-state index contributed by atoms with van der Waals surface area (Å²) in [6, 6.07) is 8.76. The molecule has 0 aliphatic carbocycles. The van der Waals surface area contributed by atoms with E-state index in [9.17, 15) is 4.79 Å². The standard InChI is InChI=1S/C19H25N4O2/c1-13-10-22(11-14(2)23(13)18(24)25-19(3,4)5)17-8-6-7-16-15(17)9-20-12-21-16/h6-9,13-14H,10-11H2,1-5H3/q+1/t13-,14+. The zero-order chi connectivity index (χ0) is 18.2. The van der Waals surface area contributed by atoms with Gasteiger partial charge in [0.2, 0.25) is 11.9 Å². The number of anilines is 1. The number of aliphatic imine (C=N–C) groups is 1. The average molecular weight is 341 g/mol. The summed E-state index contributed by atoms with van der Waals surface area (Å²) in [5.41, 5.74) is 2.49. The third-order valence-electron chi connectivity index (χ3n) is 4.35. The molecule has 0 N–H and O–H groups in total. The molecule has 0 radical (unpaired) electrons. The summed E-state index contributed by atoms with van der Waals surface area (Å²) < 4.78 is 9.62. The van der Waals surface area contributed by atoms with Crippen molar-refractivity contribution in [3.8, 4) is 0 Å². The van der Waals surface area contributed by atoms with Crippen LogP contribution < -0.4 is 9.57 Å². The maximum atomic E-state index is 12.6. The molecule has 6 nitrogen and oxygen atoms in total. The van der Waals surface area contributed by atoms with Crippen molar-refractivity contribution >= 4 is 29.7 Å².